The van der Waals surface area contributed by atoms with Gasteiger partial charge in [0.25, 0.3) is 0 Å². The summed E-state index contributed by atoms with van der Waals surface area (Å²) in [7, 11) is 0. The van der Waals surface area contributed by atoms with Crippen molar-refractivity contribution < 1.29 is 14.3 Å². The fourth-order valence-corrected chi connectivity index (χ4v) is 2.54. The van der Waals surface area contributed by atoms with Gasteiger partial charge in [-0.1, -0.05) is 46.7 Å². The number of rotatable bonds is 12. The normalized spacial score (nSPS) is 13.5. The van der Waals surface area contributed by atoms with Crippen LogP contribution in [-0.4, -0.2) is 43.9 Å². The summed E-state index contributed by atoms with van der Waals surface area (Å²) in [4.78, 5) is 15.5. The van der Waals surface area contributed by atoms with Crippen molar-refractivity contribution in [2.75, 3.05) is 26.4 Å². The molecule has 140 valence electrons. The standard InChI is InChI=1S/C17H34N4O3/c1-8-23-10-14(11-24-9-13(2)3)19-15(22)16(4,5)12-17(6,7)20-21-18/h13-14H,8-12H2,1-7H3,(H,19,22). The van der Waals surface area contributed by atoms with Crippen LogP contribution in [0.1, 0.15) is 54.9 Å². The van der Waals surface area contributed by atoms with Gasteiger partial charge >= 0.3 is 0 Å². The number of carbonyl (C=O) groups is 1. The smallest absolute Gasteiger partial charge is 0.226 e. The van der Waals surface area contributed by atoms with Crippen molar-refractivity contribution in [2.45, 2.75) is 66.5 Å². The van der Waals surface area contributed by atoms with Crippen LogP contribution < -0.4 is 5.32 Å². The zero-order chi connectivity index (χ0) is 18.8. The van der Waals surface area contributed by atoms with Crippen molar-refractivity contribution in [3.05, 3.63) is 10.4 Å². The largest absolute Gasteiger partial charge is 0.380 e. The number of hydrogen-bond acceptors (Lipinski definition) is 4. The molecule has 0 saturated heterocycles. The van der Waals surface area contributed by atoms with E-state index in [4.69, 9.17) is 15.0 Å². The van der Waals surface area contributed by atoms with Crippen molar-refractivity contribution in [1.29, 1.82) is 0 Å². The lowest BCUT2D eigenvalue weighted by molar-refractivity contribution is -0.132. The molecule has 0 aliphatic heterocycles. The number of ether oxygens (including phenoxy) is 2. The Bertz CT molecular complexity index is 430. The van der Waals surface area contributed by atoms with E-state index in [2.05, 4.69) is 29.2 Å². The van der Waals surface area contributed by atoms with E-state index < -0.39 is 11.0 Å². The van der Waals surface area contributed by atoms with Gasteiger partial charge in [0.1, 0.15) is 0 Å². The highest BCUT2D eigenvalue weighted by molar-refractivity contribution is 5.82. The van der Waals surface area contributed by atoms with Gasteiger partial charge in [-0.2, -0.15) is 0 Å². The van der Waals surface area contributed by atoms with E-state index in [0.29, 0.717) is 38.8 Å². The first-order valence-corrected chi connectivity index (χ1v) is 8.56. The van der Waals surface area contributed by atoms with Crippen LogP contribution in [0.25, 0.3) is 10.4 Å². The maximum Gasteiger partial charge on any atom is 0.226 e. The lowest BCUT2D eigenvalue weighted by Gasteiger charge is -2.32. The topological polar surface area (TPSA) is 96.3 Å². The molecular formula is C17H34N4O3. The van der Waals surface area contributed by atoms with E-state index in [-0.39, 0.29) is 11.9 Å². The van der Waals surface area contributed by atoms with Gasteiger partial charge < -0.3 is 14.8 Å². The Morgan fingerprint density at radius 1 is 1.17 bits per heavy atom. The molecule has 7 nitrogen and oxygen atoms in total. The molecule has 0 aromatic rings. The molecule has 0 aliphatic carbocycles. The Morgan fingerprint density at radius 2 is 1.75 bits per heavy atom. The molecule has 1 amide bonds. The van der Waals surface area contributed by atoms with Gasteiger partial charge in [-0.05, 0) is 24.8 Å². The number of azide groups is 1. The molecular weight excluding hydrogens is 308 g/mol. The summed E-state index contributed by atoms with van der Waals surface area (Å²) in [6.45, 7) is 15.5. The predicted molar refractivity (Wildman–Crippen MR) is 95.7 cm³/mol. The van der Waals surface area contributed by atoms with Crippen molar-refractivity contribution in [3.63, 3.8) is 0 Å². The number of hydrogen-bond donors (Lipinski definition) is 1. The minimum absolute atomic E-state index is 0.0958. The van der Waals surface area contributed by atoms with Gasteiger partial charge in [0.05, 0.1) is 19.3 Å². The van der Waals surface area contributed by atoms with Crippen molar-refractivity contribution in [1.82, 2.24) is 5.32 Å². The Kier molecular flexibility index (Phi) is 9.97. The molecule has 0 aliphatic rings. The molecule has 0 aromatic carbocycles. The van der Waals surface area contributed by atoms with Crippen molar-refractivity contribution >= 4 is 5.91 Å². The Morgan fingerprint density at radius 3 is 2.25 bits per heavy atom. The molecule has 0 rings (SSSR count). The second-order valence-corrected chi connectivity index (χ2v) is 7.82. The third kappa shape index (κ3) is 9.75. The summed E-state index contributed by atoms with van der Waals surface area (Å²) in [5, 5.41) is 6.78. The third-order valence-electron chi connectivity index (χ3n) is 3.43. The lowest BCUT2D eigenvalue weighted by atomic mass is 9.79. The van der Waals surface area contributed by atoms with Crippen LogP contribution in [0.3, 0.4) is 0 Å². The molecule has 0 spiro atoms. The van der Waals surface area contributed by atoms with E-state index in [0.717, 1.165) is 0 Å². The first-order valence-electron chi connectivity index (χ1n) is 8.56. The molecule has 1 N–H and O–H groups in total. The number of carbonyl (C=O) groups excluding carboxylic acids is 1. The first-order chi connectivity index (χ1) is 11.0. The molecule has 0 heterocycles. The molecule has 0 fully saturated rings. The lowest BCUT2D eigenvalue weighted by Crippen LogP contribution is -2.48. The number of nitrogens with zero attached hydrogens (tertiary/aromatic N) is 3. The molecule has 24 heavy (non-hydrogen) atoms. The molecule has 0 aromatic heterocycles. The number of amides is 1. The van der Waals surface area contributed by atoms with Gasteiger partial charge in [-0.15, -0.1) is 0 Å². The fourth-order valence-electron chi connectivity index (χ4n) is 2.54. The second-order valence-electron chi connectivity index (χ2n) is 7.82. The minimum atomic E-state index is -0.666. The van der Waals surface area contributed by atoms with Gasteiger partial charge in [-0.25, -0.2) is 0 Å². The predicted octanol–water partition coefficient (Wildman–Crippen LogP) is 3.69. The number of nitrogens with one attached hydrogen (secondary N) is 1. The average molecular weight is 342 g/mol. The van der Waals surface area contributed by atoms with Crippen LogP contribution in [0.15, 0.2) is 5.11 Å². The SMILES string of the molecule is CCOCC(COCC(C)C)NC(=O)C(C)(C)CC(C)(C)N=[N+]=[N-]. The van der Waals surface area contributed by atoms with Crippen LogP contribution in [0.5, 0.6) is 0 Å². The Hall–Kier alpha value is -1.30. The van der Waals surface area contributed by atoms with Crippen molar-refractivity contribution in [2.24, 2.45) is 16.4 Å². The minimum Gasteiger partial charge on any atom is -0.380 e. The van der Waals surface area contributed by atoms with E-state index in [1.807, 2.05) is 34.6 Å². The fraction of sp³-hybridized carbons (Fsp3) is 0.941. The van der Waals surface area contributed by atoms with Crippen LogP contribution in [0.2, 0.25) is 0 Å². The highest BCUT2D eigenvalue weighted by Crippen LogP contribution is 2.30. The zero-order valence-electron chi connectivity index (χ0n) is 16.3. The van der Waals surface area contributed by atoms with Crippen LogP contribution in [0.4, 0.5) is 0 Å². The zero-order valence-corrected chi connectivity index (χ0v) is 16.3. The molecule has 7 heteroatoms. The quantitative estimate of drug-likeness (QED) is 0.333. The third-order valence-corrected chi connectivity index (χ3v) is 3.43. The molecule has 0 bridgehead atoms. The monoisotopic (exact) mass is 342 g/mol. The highest BCUT2D eigenvalue weighted by atomic mass is 16.5. The molecule has 1 unspecified atom stereocenters. The summed E-state index contributed by atoms with van der Waals surface area (Å²) < 4.78 is 11.1. The summed E-state index contributed by atoms with van der Waals surface area (Å²) in [5.41, 5.74) is 7.35. The highest BCUT2D eigenvalue weighted by Gasteiger charge is 2.35. The van der Waals surface area contributed by atoms with E-state index in [1.165, 1.54) is 0 Å². The summed E-state index contributed by atoms with van der Waals surface area (Å²) in [5.74, 6) is 0.344. The van der Waals surface area contributed by atoms with Crippen LogP contribution in [0, 0.1) is 11.3 Å². The van der Waals surface area contributed by atoms with Crippen LogP contribution >= 0.6 is 0 Å². The van der Waals surface area contributed by atoms with Gasteiger partial charge in [0.2, 0.25) is 5.91 Å². The Balaban J connectivity index is 4.78. The second kappa shape index (κ2) is 10.5. The van der Waals surface area contributed by atoms with Crippen LogP contribution in [-0.2, 0) is 14.3 Å². The first kappa shape index (κ1) is 22.7. The molecule has 0 saturated carbocycles. The van der Waals surface area contributed by atoms with E-state index in [1.54, 1.807) is 0 Å². The van der Waals surface area contributed by atoms with Gasteiger partial charge in [-0.3, -0.25) is 4.79 Å². The summed E-state index contributed by atoms with van der Waals surface area (Å²) in [6.07, 6.45) is 0.449. The van der Waals surface area contributed by atoms with Crippen molar-refractivity contribution in [3.8, 4) is 0 Å². The average Bonchev–Trinajstić information content (AvgIpc) is 2.42. The molecule has 1 atom stereocenters. The van der Waals surface area contributed by atoms with E-state index >= 15 is 0 Å². The van der Waals surface area contributed by atoms with Gasteiger partial charge in [0, 0.05) is 29.1 Å². The molecule has 0 radical (unpaired) electrons. The maximum absolute atomic E-state index is 12.7. The summed E-state index contributed by atoms with van der Waals surface area (Å²) >= 11 is 0. The van der Waals surface area contributed by atoms with Gasteiger partial charge in [0.15, 0.2) is 0 Å². The Labute approximate surface area is 146 Å². The summed E-state index contributed by atoms with van der Waals surface area (Å²) in [6, 6.07) is -0.196. The maximum atomic E-state index is 12.7. The van der Waals surface area contributed by atoms with E-state index in [9.17, 15) is 4.79 Å².